The van der Waals surface area contributed by atoms with Crippen molar-refractivity contribution in [3.8, 4) is 0 Å². The summed E-state index contributed by atoms with van der Waals surface area (Å²) < 4.78 is 3.99. The molecule has 0 saturated carbocycles. The third kappa shape index (κ3) is 2.26. The molecular formula is C16H17N5O. The molecule has 1 atom stereocenters. The summed E-state index contributed by atoms with van der Waals surface area (Å²) in [4.78, 5) is 21.0. The summed E-state index contributed by atoms with van der Waals surface area (Å²) >= 11 is 0. The number of nitrogens with zero attached hydrogens (tertiary/aromatic N) is 4. The van der Waals surface area contributed by atoms with Crippen molar-refractivity contribution in [1.82, 2.24) is 24.3 Å². The fourth-order valence-electron chi connectivity index (χ4n) is 3.02. The monoisotopic (exact) mass is 295 g/mol. The molecule has 4 heterocycles. The molecule has 0 aromatic carbocycles. The highest BCUT2D eigenvalue weighted by Gasteiger charge is 2.20. The highest BCUT2D eigenvalue weighted by molar-refractivity contribution is 5.93. The quantitative estimate of drug-likeness (QED) is 0.797. The van der Waals surface area contributed by atoms with Gasteiger partial charge in [0.2, 0.25) is 0 Å². The van der Waals surface area contributed by atoms with Crippen molar-refractivity contribution in [2.45, 2.75) is 19.4 Å². The van der Waals surface area contributed by atoms with Gasteiger partial charge in [0.1, 0.15) is 17.2 Å². The average Bonchev–Trinajstić information content (AvgIpc) is 3.18. The largest absolute Gasteiger partial charge is 0.350 e. The van der Waals surface area contributed by atoms with E-state index in [1.54, 1.807) is 6.20 Å². The van der Waals surface area contributed by atoms with E-state index in [9.17, 15) is 4.79 Å². The Bertz CT molecular complexity index is 819. The van der Waals surface area contributed by atoms with Gasteiger partial charge < -0.3 is 9.88 Å². The van der Waals surface area contributed by atoms with Crippen LogP contribution in [0.1, 0.15) is 22.7 Å². The van der Waals surface area contributed by atoms with Crippen LogP contribution >= 0.6 is 0 Å². The van der Waals surface area contributed by atoms with Gasteiger partial charge in [-0.2, -0.15) is 0 Å². The third-order valence-corrected chi connectivity index (χ3v) is 4.25. The molecule has 0 radical (unpaired) electrons. The van der Waals surface area contributed by atoms with Gasteiger partial charge in [0, 0.05) is 38.1 Å². The number of hydrogen-bond donors (Lipinski definition) is 1. The minimum atomic E-state index is -0.0763. The van der Waals surface area contributed by atoms with Gasteiger partial charge in [0.25, 0.3) is 5.91 Å². The number of rotatable bonds is 3. The van der Waals surface area contributed by atoms with Gasteiger partial charge in [0.05, 0.1) is 6.20 Å². The van der Waals surface area contributed by atoms with Crippen LogP contribution < -0.4 is 5.32 Å². The maximum absolute atomic E-state index is 12.4. The highest BCUT2D eigenvalue weighted by Crippen LogP contribution is 2.18. The maximum Gasteiger partial charge on any atom is 0.269 e. The zero-order valence-electron chi connectivity index (χ0n) is 12.1. The standard InChI is InChI=1S/C16H17N5O/c22-16(13-11-18-14-3-1-2-6-21(13)14)19-10-12-4-7-20-8-5-17-15(20)9-12/h1-3,5-6,8,11-12H,4,7,9-10H2,(H,19,22)/t12-/m1/s1. The summed E-state index contributed by atoms with van der Waals surface area (Å²) in [5.74, 6) is 1.48. The summed E-state index contributed by atoms with van der Waals surface area (Å²) in [6, 6.07) is 5.69. The number of hydrogen-bond acceptors (Lipinski definition) is 3. The number of aromatic nitrogens is 4. The Hall–Kier alpha value is -2.63. The van der Waals surface area contributed by atoms with Crippen LogP contribution in [-0.2, 0) is 13.0 Å². The lowest BCUT2D eigenvalue weighted by Gasteiger charge is -2.23. The molecule has 22 heavy (non-hydrogen) atoms. The van der Waals surface area contributed by atoms with E-state index in [1.807, 2.05) is 41.2 Å². The summed E-state index contributed by atoms with van der Waals surface area (Å²) in [5, 5.41) is 3.03. The molecule has 3 aromatic rings. The van der Waals surface area contributed by atoms with Gasteiger partial charge in [-0.15, -0.1) is 0 Å². The topological polar surface area (TPSA) is 64.2 Å². The van der Waals surface area contributed by atoms with Crippen molar-refractivity contribution in [2.24, 2.45) is 5.92 Å². The van der Waals surface area contributed by atoms with Crippen LogP contribution in [-0.4, -0.2) is 31.4 Å². The summed E-state index contributed by atoms with van der Waals surface area (Å²) in [7, 11) is 0. The van der Waals surface area contributed by atoms with Crippen molar-refractivity contribution in [2.75, 3.05) is 6.54 Å². The zero-order valence-corrected chi connectivity index (χ0v) is 12.1. The van der Waals surface area contributed by atoms with Crippen molar-refractivity contribution >= 4 is 11.6 Å². The Morgan fingerprint density at radius 1 is 1.32 bits per heavy atom. The van der Waals surface area contributed by atoms with Crippen LogP contribution in [0.5, 0.6) is 0 Å². The van der Waals surface area contributed by atoms with Crippen LogP contribution in [0, 0.1) is 5.92 Å². The van der Waals surface area contributed by atoms with Crippen molar-refractivity contribution in [1.29, 1.82) is 0 Å². The van der Waals surface area contributed by atoms with E-state index < -0.39 is 0 Å². The molecule has 0 unspecified atom stereocenters. The molecule has 1 aliphatic heterocycles. The summed E-state index contributed by atoms with van der Waals surface area (Å²) in [6.07, 6.45) is 9.32. The van der Waals surface area contributed by atoms with E-state index in [2.05, 4.69) is 19.9 Å². The maximum atomic E-state index is 12.4. The van der Waals surface area contributed by atoms with Gasteiger partial charge in [-0.05, 0) is 24.5 Å². The minimum Gasteiger partial charge on any atom is -0.350 e. The van der Waals surface area contributed by atoms with Crippen LogP contribution in [0.25, 0.3) is 5.65 Å². The lowest BCUT2D eigenvalue weighted by atomic mass is 9.98. The summed E-state index contributed by atoms with van der Waals surface area (Å²) in [5.41, 5.74) is 1.36. The van der Waals surface area contributed by atoms with Gasteiger partial charge in [-0.3, -0.25) is 9.20 Å². The fourth-order valence-corrected chi connectivity index (χ4v) is 3.02. The molecule has 4 rings (SSSR count). The minimum absolute atomic E-state index is 0.0763. The average molecular weight is 295 g/mol. The summed E-state index contributed by atoms with van der Waals surface area (Å²) in [6.45, 7) is 1.65. The molecule has 0 aliphatic carbocycles. The number of carbonyl (C=O) groups excluding carboxylic acids is 1. The molecule has 0 spiro atoms. The van der Waals surface area contributed by atoms with E-state index >= 15 is 0 Å². The number of fused-ring (bicyclic) bond motifs is 2. The first-order valence-electron chi connectivity index (χ1n) is 7.51. The number of amides is 1. The molecule has 1 amide bonds. The van der Waals surface area contributed by atoms with Crippen molar-refractivity contribution in [3.05, 3.63) is 54.5 Å². The van der Waals surface area contributed by atoms with Crippen molar-refractivity contribution < 1.29 is 4.79 Å². The first-order chi connectivity index (χ1) is 10.8. The van der Waals surface area contributed by atoms with Gasteiger partial charge in [-0.1, -0.05) is 6.07 Å². The van der Waals surface area contributed by atoms with E-state index in [0.29, 0.717) is 18.2 Å². The van der Waals surface area contributed by atoms with E-state index in [4.69, 9.17) is 0 Å². The van der Waals surface area contributed by atoms with Crippen LogP contribution in [0.2, 0.25) is 0 Å². The Morgan fingerprint density at radius 3 is 3.23 bits per heavy atom. The molecule has 6 heteroatoms. The van der Waals surface area contributed by atoms with Crippen molar-refractivity contribution in [3.63, 3.8) is 0 Å². The van der Waals surface area contributed by atoms with Crippen LogP contribution in [0.3, 0.4) is 0 Å². The number of nitrogens with one attached hydrogen (secondary N) is 1. The second-order valence-electron chi connectivity index (χ2n) is 5.68. The molecule has 0 fully saturated rings. The predicted octanol–water partition coefficient (Wildman–Crippen LogP) is 1.52. The molecule has 112 valence electrons. The predicted molar refractivity (Wildman–Crippen MR) is 81.6 cm³/mol. The molecule has 0 bridgehead atoms. The lowest BCUT2D eigenvalue weighted by Crippen LogP contribution is -2.33. The van der Waals surface area contributed by atoms with E-state index in [0.717, 1.165) is 30.9 Å². The molecule has 1 aliphatic rings. The van der Waals surface area contributed by atoms with E-state index in [1.165, 1.54) is 0 Å². The van der Waals surface area contributed by atoms with Gasteiger partial charge in [0.15, 0.2) is 0 Å². The zero-order chi connectivity index (χ0) is 14.9. The lowest BCUT2D eigenvalue weighted by molar-refractivity contribution is 0.0938. The Kier molecular flexibility index (Phi) is 3.14. The normalized spacial score (nSPS) is 17.4. The second-order valence-corrected chi connectivity index (χ2v) is 5.68. The van der Waals surface area contributed by atoms with Crippen LogP contribution in [0.15, 0.2) is 43.0 Å². The van der Waals surface area contributed by atoms with Gasteiger partial charge >= 0.3 is 0 Å². The van der Waals surface area contributed by atoms with E-state index in [-0.39, 0.29) is 5.91 Å². The molecule has 3 aromatic heterocycles. The molecule has 6 nitrogen and oxygen atoms in total. The number of pyridine rings is 1. The molecule has 0 saturated heterocycles. The molecule has 1 N–H and O–H groups in total. The SMILES string of the molecule is O=C(NC[C@@H]1CCn2ccnc2C1)c1cnc2ccccn12. The first kappa shape index (κ1) is 13.1. The Morgan fingerprint density at radius 2 is 2.27 bits per heavy atom. The van der Waals surface area contributed by atoms with Gasteiger partial charge in [-0.25, -0.2) is 9.97 Å². The third-order valence-electron chi connectivity index (χ3n) is 4.25. The number of carbonyl (C=O) groups is 1. The fraction of sp³-hybridized carbons (Fsp3) is 0.312. The smallest absolute Gasteiger partial charge is 0.269 e. The Labute approximate surface area is 127 Å². The number of imidazole rings is 2. The second kappa shape index (κ2) is 5.29. The first-order valence-corrected chi connectivity index (χ1v) is 7.51. The number of aryl methyl sites for hydroxylation is 1. The Balaban J connectivity index is 1.43. The van der Waals surface area contributed by atoms with Crippen LogP contribution in [0.4, 0.5) is 0 Å². The molecular weight excluding hydrogens is 278 g/mol. The highest BCUT2D eigenvalue weighted by atomic mass is 16.1.